The number of benzene rings is 1. The highest BCUT2D eigenvalue weighted by molar-refractivity contribution is 5.95. The molecule has 1 heterocycles. The number of anilines is 1. The van der Waals surface area contributed by atoms with E-state index in [4.69, 9.17) is 4.74 Å². The van der Waals surface area contributed by atoms with Crippen molar-refractivity contribution in [2.75, 3.05) is 5.32 Å². The summed E-state index contributed by atoms with van der Waals surface area (Å²) in [6, 6.07) is 5.30. The number of amides is 1. The monoisotopic (exact) mass is 233 g/mol. The van der Waals surface area contributed by atoms with Crippen molar-refractivity contribution in [1.29, 1.82) is 0 Å². The van der Waals surface area contributed by atoms with Crippen LogP contribution in [0, 0.1) is 0 Å². The Bertz CT molecular complexity index is 442. The summed E-state index contributed by atoms with van der Waals surface area (Å²) in [5.41, 5.74) is 2.12. The van der Waals surface area contributed by atoms with Crippen molar-refractivity contribution >= 4 is 18.1 Å². The fourth-order valence-electron chi connectivity index (χ4n) is 2.03. The third-order valence-corrected chi connectivity index (χ3v) is 2.91. The number of carbonyl (C=O) groups is 2. The number of rotatable bonds is 5. The van der Waals surface area contributed by atoms with Gasteiger partial charge in [0.05, 0.1) is 5.56 Å². The van der Waals surface area contributed by atoms with Crippen LogP contribution in [0.1, 0.15) is 48.2 Å². The molecule has 1 aliphatic heterocycles. The van der Waals surface area contributed by atoms with Gasteiger partial charge in [-0.05, 0) is 25.0 Å². The number of cyclic esters (lactones) is 1. The van der Waals surface area contributed by atoms with Crippen molar-refractivity contribution in [1.82, 2.24) is 0 Å². The second-order valence-corrected chi connectivity index (χ2v) is 4.10. The van der Waals surface area contributed by atoms with Gasteiger partial charge in [0.1, 0.15) is 6.10 Å². The number of carbonyl (C=O) groups excluding carboxylic acids is 2. The lowest BCUT2D eigenvalue weighted by Gasteiger charge is -2.09. The Morgan fingerprint density at radius 1 is 1.47 bits per heavy atom. The van der Waals surface area contributed by atoms with Crippen molar-refractivity contribution in [3.8, 4) is 0 Å². The van der Waals surface area contributed by atoms with Gasteiger partial charge in [-0.1, -0.05) is 19.4 Å². The molecule has 1 aromatic carbocycles. The number of ether oxygens (including phenoxy) is 1. The molecule has 0 radical (unpaired) electrons. The van der Waals surface area contributed by atoms with Crippen LogP contribution in [0.2, 0.25) is 0 Å². The molecule has 0 bridgehead atoms. The van der Waals surface area contributed by atoms with E-state index in [9.17, 15) is 9.59 Å². The quantitative estimate of drug-likeness (QED) is 0.628. The molecule has 0 aliphatic carbocycles. The molecule has 1 aliphatic rings. The maximum atomic E-state index is 11.7. The van der Waals surface area contributed by atoms with Gasteiger partial charge < -0.3 is 10.1 Å². The average molecular weight is 233 g/mol. The molecule has 1 atom stereocenters. The topological polar surface area (TPSA) is 55.4 Å². The SMILES string of the molecule is CCCCC1OC(=O)c2cc(NC=O)ccc21. The lowest BCUT2D eigenvalue weighted by Crippen LogP contribution is -1.98. The van der Waals surface area contributed by atoms with Crippen LogP contribution in [0.3, 0.4) is 0 Å². The van der Waals surface area contributed by atoms with Crippen LogP contribution >= 0.6 is 0 Å². The molecule has 4 heteroatoms. The first-order valence-corrected chi connectivity index (χ1v) is 5.81. The highest BCUT2D eigenvalue weighted by atomic mass is 16.5. The molecule has 0 spiro atoms. The predicted octanol–water partition coefficient (Wildman–Crippen LogP) is 2.66. The van der Waals surface area contributed by atoms with Crippen molar-refractivity contribution in [2.45, 2.75) is 32.3 Å². The zero-order valence-electron chi connectivity index (χ0n) is 9.73. The molecule has 1 N–H and O–H groups in total. The molecule has 0 aromatic heterocycles. The van der Waals surface area contributed by atoms with Crippen molar-refractivity contribution < 1.29 is 14.3 Å². The fourth-order valence-corrected chi connectivity index (χ4v) is 2.03. The van der Waals surface area contributed by atoms with Crippen molar-refractivity contribution in [3.05, 3.63) is 29.3 Å². The minimum Gasteiger partial charge on any atom is -0.454 e. The number of hydrogen-bond acceptors (Lipinski definition) is 3. The number of hydrogen-bond donors (Lipinski definition) is 1. The number of esters is 1. The van der Waals surface area contributed by atoms with Crippen LogP contribution in [0.4, 0.5) is 5.69 Å². The smallest absolute Gasteiger partial charge is 0.339 e. The Labute approximate surface area is 100.0 Å². The zero-order valence-corrected chi connectivity index (χ0v) is 9.73. The molecule has 0 fully saturated rings. The minimum atomic E-state index is -0.296. The summed E-state index contributed by atoms with van der Waals surface area (Å²) in [5.74, 6) is -0.296. The van der Waals surface area contributed by atoms with Gasteiger partial charge in [-0.15, -0.1) is 0 Å². The Balaban J connectivity index is 2.24. The number of fused-ring (bicyclic) bond motifs is 1. The van der Waals surface area contributed by atoms with Gasteiger partial charge in [0.25, 0.3) is 0 Å². The van der Waals surface area contributed by atoms with E-state index in [-0.39, 0.29) is 12.1 Å². The van der Waals surface area contributed by atoms with Crippen molar-refractivity contribution in [2.24, 2.45) is 0 Å². The molecule has 4 nitrogen and oxygen atoms in total. The first-order valence-electron chi connectivity index (χ1n) is 5.81. The molecule has 0 saturated carbocycles. The Morgan fingerprint density at radius 3 is 3.00 bits per heavy atom. The maximum Gasteiger partial charge on any atom is 0.339 e. The maximum absolute atomic E-state index is 11.7. The van der Waals surface area contributed by atoms with E-state index in [0.717, 1.165) is 24.8 Å². The molecule has 0 saturated heterocycles. The van der Waals surface area contributed by atoms with Gasteiger partial charge in [0.2, 0.25) is 6.41 Å². The van der Waals surface area contributed by atoms with Gasteiger partial charge in [-0.25, -0.2) is 4.79 Å². The number of nitrogens with one attached hydrogen (secondary N) is 1. The molecule has 1 aromatic rings. The van der Waals surface area contributed by atoms with Gasteiger partial charge in [0.15, 0.2) is 0 Å². The highest BCUT2D eigenvalue weighted by Crippen LogP contribution is 2.35. The number of unbranched alkanes of at least 4 members (excludes halogenated alkanes) is 1. The summed E-state index contributed by atoms with van der Waals surface area (Å²) in [4.78, 5) is 22.0. The second kappa shape index (κ2) is 4.99. The predicted molar refractivity (Wildman–Crippen MR) is 63.8 cm³/mol. The average Bonchev–Trinajstić information content (AvgIpc) is 2.64. The molecule has 90 valence electrons. The molecule has 17 heavy (non-hydrogen) atoms. The van der Waals surface area contributed by atoms with Gasteiger partial charge in [-0.2, -0.15) is 0 Å². The standard InChI is InChI=1S/C13H15NO3/c1-2-3-4-12-10-6-5-9(14-8-15)7-11(10)13(16)17-12/h5-8,12H,2-4H2,1H3,(H,14,15). The summed E-state index contributed by atoms with van der Waals surface area (Å²) < 4.78 is 5.31. The van der Waals surface area contributed by atoms with Crippen LogP contribution in [0.25, 0.3) is 0 Å². The van der Waals surface area contributed by atoms with Gasteiger partial charge in [0, 0.05) is 11.3 Å². The molecule has 1 unspecified atom stereocenters. The molecular formula is C13H15NO3. The normalized spacial score (nSPS) is 17.5. The Morgan fingerprint density at radius 2 is 2.29 bits per heavy atom. The van der Waals surface area contributed by atoms with Crippen LogP contribution in [0.5, 0.6) is 0 Å². The summed E-state index contributed by atoms with van der Waals surface area (Å²) in [7, 11) is 0. The van der Waals surface area contributed by atoms with Crippen LogP contribution in [0.15, 0.2) is 18.2 Å². The first kappa shape index (κ1) is 11.6. The Kier molecular flexibility index (Phi) is 3.42. The first-order chi connectivity index (χ1) is 8.26. The van der Waals surface area contributed by atoms with Crippen LogP contribution in [-0.2, 0) is 9.53 Å². The van der Waals surface area contributed by atoms with Crippen LogP contribution < -0.4 is 5.32 Å². The van der Waals surface area contributed by atoms with E-state index in [1.165, 1.54) is 0 Å². The van der Waals surface area contributed by atoms with E-state index in [1.807, 2.05) is 6.07 Å². The van der Waals surface area contributed by atoms with E-state index in [0.29, 0.717) is 17.7 Å². The van der Waals surface area contributed by atoms with Gasteiger partial charge >= 0.3 is 5.97 Å². The minimum absolute atomic E-state index is 0.122. The molecule has 2 rings (SSSR count). The van der Waals surface area contributed by atoms with Crippen LogP contribution in [-0.4, -0.2) is 12.4 Å². The molecular weight excluding hydrogens is 218 g/mol. The van der Waals surface area contributed by atoms with Crippen molar-refractivity contribution in [3.63, 3.8) is 0 Å². The lowest BCUT2D eigenvalue weighted by molar-refractivity contribution is -0.105. The third kappa shape index (κ3) is 2.30. The molecule has 1 amide bonds. The van der Waals surface area contributed by atoms with E-state index in [1.54, 1.807) is 12.1 Å². The highest BCUT2D eigenvalue weighted by Gasteiger charge is 2.30. The summed E-state index contributed by atoms with van der Waals surface area (Å²) >= 11 is 0. The third-order valence-electron chi connectivity index (χ3n) is 2.91. The Hall–Kier alpha value is -1.84. The summed E-state index contributed by atoms with van der Waals surface area (Å²) in [5, 5.41) is 2.53. The lowest BCUT2D eigenvalue weighted by atomic mass is 10.0. The largest absolute Gasteiger partial charge is 0.454 e. The summed E-state index contributed by atoms with van der Waals surface area (Å²) in [6.45, 7) is 2.11. The zero-order chi connectivity index (χ0) is 12.3. The second-order valence-electron chi connectivity index (χ2n) is 4.10. The summed E-state index contributed by atoms with van der Waals surface area (Å²) in [6.07, 6.45) is 3.44. The fraction of sp³-hybridized carbons (Fsp3) is 0.385. The van der Waals surface area contributed by atoms with E-state index < -0.39 is 0 Å². The van der Waals surface area contributed by atoms with Gasteiger partial charge in [-0.3, -0.25) is 4.79 Å². The van der Waals surface area contributed by atoms with E-state index >= 15 is 0 Å². The van der Waals surface area contributed by atoms with E-state index in [2.05, 4.69) is 12.2 Å².